The average Bonchev–Trinajstić information content (AvgIpc) is 2.36. The summed E-state index contributed by atoms with van der Waals surface area (Å²) in [5, 5.41) is 1.34. The Morgan fingerprint density at radius 2 is 2.10 bits per heavy atom. The van der Waals surface area contributed by atoms with Crippen molar-refractivity contribution < 1.29 is 0 Å². The molecule has 0 bridgehead atoms. The summed E-state index contributed by atoms with van der Waals surface area (Å²) in [6, 6.07) is 8.29. The Morgan fingerprint density at radius 3 is 2.90 bits per heavy atom. The normalized spacial score (nSPS) is 10.4. The molecule has 0 atom stereocenters. The molecule has 0 aliphatic rings. The fourth-order valence-corrected chi connectivity index (χ4v) is 3.38. The molecule has 0 fully saturated rings. The Labute approximate surface area is 69.1 Å². The van der Waals surface area contributed by atoms with E-state index in [9.17, 15) is 0 Å². The second-order valence-corrected chi connectivity index (χ2v) is 4.80. The van der Waals surface area contributed by atoms with Crippen molar-refractivity contribution in [2.45, 2.75) is 0 Å². The summed E-state index contributed by atoms with van der Waals surface area (Å²) in [4.78, 5) is 0. The van der Waals surface area contributed by atoms with Crippen LogP contribution >= 0.6 is 0 Å². The van der Waals surface area contributed by atoms with Gasteiger partial charge in [0.05, 0.1) is 0 Å². The van der Waals surface area contributed by atoms with Gasteiger partial charge in [-0.3, -0.25) is 0 Å². The summed E-state index contributed by atoms with van der Waals surface area (Å²) < 4.78 is 3.68. The van der Waals surface area contributed by atoms with Crippen molar-refractivity contribution in [3.8, 4) is 0 Å². The Hall–Kier alpha value is -0.450. The molecule has 0 aliphatic carbocycles. The number of rotatable bonds is 0. The Bertz CT molecular complexity index is 351. The van der Waals surface area contributed by atoms with Crippen molar-refractivity contribution in [1.82, 2.24) is 0 Å². The zero-order valence-electron chi connectivity index (χ0n) is 5.37. The van der Waals surface area contributed by atoms with Crippen molar-refractivity contribution in [1.29, 1.82) is 0 Å². The van der Waals surface area contributed by atoms with Crippen molar-refractivity contribution in [3.63, 3.8) is 0 Å². The molecule has 2 aromatic rings. The first-order chi connectivity index (χ1) is 4.88. The molecule has 0 radical (unpaired) electrons. The summed E-state index contributed by atoms with van der Waals surface area (Å²) in [5.41, 5.74) is 6.74. The molecule has 1 aromatic carbocycles. The first kappa shape index (κ1) is 6.27. The summed E-state index contributed by atoms with van der Waals surface area (Å²) in [6.07, 6.45) is 0. The molecule has 1 heterocycles. The van der Waals surface area contributed by atoms with Crippen LogP contribution in [0.5, 0.6) is 0 Å². The van der Waals surface area contributed by atoms with Crippen LogP contribution in [0.25, 0.3) is 8.79 Å². The molecule has 0 aliphatic heterocycles. The topological polar surface area (TPSA) is 26.0 Å². The molecule has 1 nitrogen and oxygen atoms in total. The van der Waals surface area contributed by atoms with E-state index < -0.39 is 0 Å². The van der Waals surface area contributed by atoms with Gasteiger partial charge >= 0.3 is 69.0 Å². The van der Waals surface area contributed by atoms with Crippen LogP contribution in [0.3, 0.4) is 0 Å². The third-order valence-corrected chi connectivity index (χ3v) is 4.30. The number of hydrogen-bond donors (Lipinski definition) is 1. The Kier molecular flexibility index (Phi) is 1.44. The molecule has 0 spiro atoms. The van der Waals surface area contributed by atoms with Gasteiger partial charge < -0.3 is 0 Å². The molecular weight excluding hydrogens is 238 g/mol. The van der Waals surface area contributed by atoms with E-state index in [1.54, 1.807) is 0 Å². The van der Waals surface area contributed by atoms with Gasteiger partial charge in [0, 0.05) is 0 Å². The molecule has 0 saturated carbocycles. The first-order valence-corrected chi connectivity index (χ1v) is 5.61. The third-order valence-electron chi connectivity index (χ3n) is 1.51. The third kappa shape index (κ3) is 0.847. The van der Waals surface area contributed by atoms with Crippen LogP contribution in [0.4, 0.5) is 5.69 Å². The quantitative estimate of drug-likeness (QED) is 0.551. The van der Waals surface area contributed by atoms with Crippen LogP contribution in [-0.4, -0.2) is 20.4 Å². The summed E-state index contributed by atoms with van der Waals surface area (Å²) in [7, 11) is 0. The zero-order valence-corrected chi connectivity index (χ0v) is 7.70. The van der Waals surface area contributed by atoms with Crippen LogP contribution in [0.1, 0.15) is 0 Å². The molecule has 0 unspecified atom stereocenters. The van der Waals surface area contributed by atoms with Crippen molar-refractivity contribution >= 4 is 34.9 Å². The van der Waals surface area contributed by atoms with E-state index in [1.807, 2.05) is 12.1 Å². The van der Waals surface area contributed by atoms with Crippen molar-refractivity contribution in [3.05, 3.63) is 28.3 Å². The molecule has 1 aromatic heterocycles. The fraction of sp³-hybridized carbons (Fsp3) is 0. The standard InChI is InChI=1S/C8H7NTe/c9-7-3-1-2-6-4-5-10-8(6)7/h1-5H,9H2. The molecule has 50 valence electrons. The molecule has 2 rings (SSSR count). The summed E-state index contributed by atoms with van der Waals surface area (Å²) >= 11 is -0.0696. The van der Waals surface area contributed by atoms with E-state index >= 15 is 0 Å². The minimum absolute atomic E-state index is 0.0696. The van der Waals surface area contributed by atoms with Crippen molar-refractivity contribution in [2.75, 3.05) is 5.73 Å². The summed E-state index contributed by atoms with van der Waals surface area (Å²) in [6.45, 7) is 0. The predicted octanol–water partition coefficient (Wildman–Crippen LogP) is 1.48. The predicted molar refractivity (Wildman–Crippen MR) is 45.3 cm³/mol. The van der Waals surface area contributed by atoms with Crippen LogP contribution in [0, 0.1) is 0 Å². The first-order valence-electron chi connectivity index (χ1n) is 3.09. The van der Waals surface area contributed by atoms with Gasteiger partial charge in [-0.05, 0) is 0 Å². The number of anilines is 1. The molecule has 2 heteroatoms. The second-order valence-electron chi connectivity index (χ2n) is 2.19. The van der Waals surface area contributed by atoms with E-state index in [0.717, 1.165) is 5.69 Å². The van der Waals surface area contributed by atoms with Gasteiger partial charge in [0.15, 0.2) is 0 Å². The van der Waals surface area contributed by atoms with Crippen LogP contribution in [0.2, 0.25) is 0 Å². The van der Waals surface area contributed by atoms with Crippen molar-refractivity contribution in [2.24, 2.45) is 0 Å². The second kappa shape index (κ2) is 2.30. The summed E-state index contributed by atoms with van der Waals surface area (Å²) in [5.74, 6) is 0. The van der Waals surface area contributed by atoms with Gasteiger partial charge in [0.1, 0.15) is 0 Å². The van der Waals surface area contributed by atoms with E-state index in [4.69, 9.17) is 5.73 Å². The number of hydrogen-bond acceptors (Lipinski definition) is 1. The Morgan fingerprint density at radius 1 is 1.20 bits per heavy atom. The average molecular weight is 245 g/mol. The van der Waals surface area contributed by atoms with E-state index in [-0.39, 0.29) is 20.4 Å². The molecule has 10 heavy (non-hydrogen) atoms. The minimum atomic E-state index is -0.0696. The number of benzene rings is 1. The Balaban J connectivity index is 2.95. The fourth-order valence-electron chi connectivity index (χ4n) is 1.02. The SMILES string of the molecule is Nc1cccc2cc[te]c12. The van der Waals surface area contributed by atoms with Gasteiger partial charge in [0.25, 0.3) is 0 Å². The monoisotopic (exact) mass is 247 g/mol. The van der Waals surface area contributed by atoms with Crippen LogP contribution in [0.15, 0.2) is 28.3 Å². The molecule has 2 N–H and O–H groups in total. The number of fused-ring (bicyclic) bond motifs is 1. The van der Waals surface area contributed by atoms with Gasteiger partial charge in [-0.2, -0.15) is 0 Å². The van der Waals surface area contributed by atoms with Crippen LogP contribution in [-0.2, 0) is 0 Å². The molecular formula is C8H7NTe. The van der Waals surface area contributed by atoms with Crippen LogP contribution < -0.4 is 5.73 Å². The number of nitrogen functional groups attached to an aromatic ring is 1. The number of nitrogens with two attached hydrogens (primary N) is 1. The maximum atomic E-state index is 5.76. The van der Waals surface area contributed by atoms with Gasteiger partial charge in [-0.25, -0.2) is 0 Å². The zero-order chi connectivity index (χ0) is 6.97. The molecule has 0 saturated heterocycles. The van der Waals surface area contributed by atoms with Gasteiger partial charge in [-0.1, -0.05) is 0 Å². The van der Waals surface area contributed by atoms with Gasteiger partial charge in [0.2, 0.25) is 0 Å². The maximum absolute atomic E-state index is 5.76. The van der Waals surface area contributed by atoms with E-state index in [1.165, 1.54) is 8.79 Å². The van der Waals surface area contributed by atoms with E-state index in [0.29, 0.717) is 0 Å². The van der Waals surface area contributed by atoms with Gasteiger partial charge in [-0.15, -0.1) is 0 Å². The van der Waals surface area contributed by atoms with E-state index in [2.05, 4.69) is 16.2 Å². The molecule has 0 amide bonds.